The molecule has 4 heteroatoms. The van der Waals surface area contributed by atoms with Gasteiger partial charge in [0.1, 0.15) is 0 Å². The Hall–Kier alpha value is -0.870. The van der Waals surface area contributed by atoms with Crippen molar-refractivity contribution in [3.05, 3.63) is 21.4 Å². The van der Waals surface area contributed by atoms with Crippen LogP contribution in [0, 0.1) is 0 Å². The summed E-state index contributed by atoms with van der Waals surface area (Å²) in [6.07, 6.45) is 6.71. The van der Waals surface area contributed by atoms with Crippen LogP contribution in [0.15, 0.2) is 6.07 Å². The average Bonchev–Trinajstić information content (AvgIpc) is 2.91. The average molecular weight is 308 g/mol. The number of hydrogen-bond acceptors (Lipinski definition) is 3. The molecule has 1 aliphatic rings. The van der Waals surface area contributed by atoms with Crippen molar-refractivity contribution in [2.45, 2.75) is 71.4 Å². The maximum Gasteiger partial charge on any atom is 0.221 e. The van der Waals surface area contributed by atoms with Crippen LogP contribution >= 0.6 is 11.3 Å². The summed E-state index contributed by atoms with van der Waals surface area (Å²) in [4.78, 5) is 14.7. The highest BCUT2D eigenvalue weighted by Gasteiger charge is 2.16. The van der Waals surface area contributed by atoms with E-state index < -0.39 is 0 Å². The van der Waals surface area contributed by atoms with Crippen LogP contribution in [0.1, 0.15) is 67.8 Å². The van der Waals surface area contributed by atoms with Gasteiger partial charge in [-0.05, 0) is 57.6 Å². The summed E-state index contributed by atoms with van der Waals surface area (Å²) in [5, 5.41) is 6.49. The normalized spacial score (nSPS) is 17.1. The van der Waals surface area contributed by atoms with Crippen molar-refractivity contribution in [2.24, 2.45) is 0 Å². The summed E-state index contributed by atoms with van der Waals surface area (Å²) in [6.45, 7) is 7.07. The molecule has 0 fully saturated rings. The molecule has 0 aromatic carbocycles. The van der Waals surface area contributed by atoms with E-state index in [9.17, 15) is 4.79 Å². The van der Waals surface area contributed by atoms with Gasteiger partial charge in [-0.3, -0.25) is 4.79 Å². The van der Waals surface area contributed by atoms with E-state index in [2.05, 4.69) is 30.5 Å². The lowest BCUT2D eigenvalue weighted by Crippen LogP contribution is -2.34. The van der Waals surface area contributed by atoms with Crippen LogP contribution in [-0.2, 0) is 17.6 Å². The van der Waals surface area contributed by atoms with E-state index in [1.807, 2.05) is 18.3 Å². The fourth-order valence-electron chi connectivity index (χ4n) is 2.68. The molecule has 1 aliphatic carbocycles. The van der Waals surface area contributed by atoms with Crippen molar-refractivity contribution in [2.75, 3.05) is 6.54 Å². The first-order chi connectivity index (χ1) is 10.1. The summed E-state index contributed by atoms with van der Waals surface area (Å²) in [7, 11) is 0. The number of carbonyl (C=O) groups is 1. The van der Waals surface area contributed by atoms with Gasteiger partial charge in [0.15, 0.2) is 0 Å². The Labute approximate surface area is 132 Å². The SMILES string of the molecule is CCC(C)NC(=O)CCNC(C)c1cc2c(s1)CCCC2. The van der Waals surface area contributed by atoms with Gasteiger partial charge in [-0.2, -0.15) is 0 Å². The molecule has 1 amide bonds. The van der Waals surface area contributed by atoms with E-state index in [0.717, 1.165) is 13.0 Å². The van der Waals surface area contributed by atoms with Crippen LogP contribution in [0.4, 0.5) is 0 Å². The smallest absolute Gasteiger partial charge is 0.221 e. The maximum absolute atomic E-state index is 11.7. The van der Waals surface area contributed by atoms with E-state index in [-0.39, 0.29) is 11.9 Å². The third-order valence-corrected chi connectivity index (χ3v) is 5.68. The van der Waals surface area contributed by atoms with E-state index in [4.69, 9.17) is 0 Å². The lowest BCUT2D eigenvalue weighted by molar-refractivity contribution is -0.121. The monoisotopic (exact) mass is 308 g/mol. The Morgan fingerprint density at radius 1 is 1.33 bits per heavy atom. The Morgan fingerprint density at radius 2 is 2.10 bits per heavy atom. The molecule has 0 radical (unpaired) electrons. The van der Waals surface area contributed by atoms with Crippen LogP contribution in [0.3, 0.4) is 0 Å². The second-order valence-electron chi connectivity index (χ2n) is 6.11. The van der Waals surface area contributed by atoms with Gasteiger partial charge >= 0.3 is 0 Å². The van der Waals surface area contributed by atoms with Gasteiger partial charge < -0.3 is 10.6 Å². The van der Waals surface area contributed by atoms with E-state index >= 15 is 0 Å². The summed E-state index contributed by atoms with van der Waals surface area (Å²) >= 11 is 1.95. The minimum atomic E-state index is 0.148. The lowest BCUT2D eigenvalue weighted by atomic mass is 9.99. The van der Waals surface area contributed by atoms with E-state index in [1.165, 1.54) is 30.6 Å². The number of amides is 1. The van der Waals surface area contributed by atoms with Crippen molar-refractivity contribution in [3.8, 4) is 0 Å². The zero-order valence-electron chi connectivity index (χ0n) is 13.5. The fraction of sp³-hybridized carbons (Fsp3) is 0.706. The molecule has 2 atom stereocenters. The first-order valence-corrected chi connectivity index (χ1v) is 9.06. The molecule has 0 saturated carbocycles. The lowest BCUT2D eigenvalue weighted by Gasteiger charge is -2.14. The van der Waals surface area contributed by atoms with Crippen molar-refractivity contribution in [1.29, 1.82) is 0 Å². The molecule has 2 N–H and O–H groups in total. The van der Waals surface area contributed by atoms with E-state index in [0.29, 0.717) is 12.5 Å². The fourth-order valence-corrected chi connectivity index (χ4v) is 3.96. The minimum Gasteiger partial charge on any atom is -0.354 e. The summed E-state index contributed by atoms with van der Waals surface area (Å²) in [5.74, 6) is 0.148. The molecule has 2 unspecified atom stereocenters. The van der Waals surface area contributed by atoms with Crippen molar-refractivity contribution < 1.29 is 4.79 Å². The maximum atomic E-state index is 11.7. The van der Waals surface area contributed by atoms with Gasteiger partial charge in [-0.1, -0.05) is 6.92 Å². The number of nitrogens with one attached hydrogen (secondary N) is 2. The van der Waals surface area contributed by atoms with Crippen LogP contribution in [0.5, 0.6) is 0 Å². The molecule has 21 heavy (non-hydrogen) atoms. The topological polar surface area (TPSA) is 41.1 Å². The standard InChI is InChI=1S/C17H28N2OS/c1-4-12(2)19-17(20)9-10-18-13(3)16-11-14-7-5-6-8-15(14)21-16/h11-13,18H,4-10H2,1-3H3,(H,19,20). The Morgan fingerprint density at radius 3 is 2.81 bits per heavy atom. The molecular weight excluding hydrogens is 280 g/mol. The van der Waals surface area contributed by atoms with Crippen molar-refractivity contribution >= 4 is 17.2 Å². The Balaban J connectivity index is 1.75. The molecular formula is C17H28N2OS. The number of hydrogen-bond donors (Lipinski definition) is 2. The van der Waals surface area contributed by atoms with E-state index in [1.54, 1.807) is 10.4 Å². The minimum absolute atomic E-state index is 0.148. The quantitative estimate of drug-likeness (QED) is 0.808. The predicted molar refractivity (Wildman–Crippen MR) is 89.9 cm³/mol. The highest BCUT2D eigenvalue weighted by Crippen LogP contribution is 2.32. The van der Waals surface area contributed by atoms with Gasteiger partial charge in [0, 0.05) is 34.8 Å². The summed E-state index contributed by atoms with van der Waals surface area (Å²) in [6, 6.07) is 2.99. The number of fused-ring (bicyclic) bond motifs is 1. The first kappa shape index (κ1) is 16.5. The largest absolute Gasteiger partial charge is 0.354 e. The molecule has 0 spiro atoms. The van der Waals surface area contributed by atoms with Crippen LogP contribution in [-0.4, -0.2) is 18.5 Å². The number of rotatable bonds is 7. The zero-order valence-corrected chi connectivity index (χ0v) is 14.3. The van der Waals surface area contributed by atoms with Gasteiger partial charge in [-0.15, -0.1) is 11.3 Å². The highest BCUT2D eigenvalue weighted by atomic mass is 32.1. The zero-order chi connectivity index (χ0) is 15.2. The third-order valence-electron chi connectivity index (χ3n) is 4.26. The predicted octanol–water partition coefficient (Wildman–Crippen LogP) is 3.58. The molecule has 2 rings (SSSR count). The number of aryl methyl sites for hydroxylation is 2. The molecule has 1 heterocycles. The van der Waals surface area contributed by atoms with Gasteiger partial charge in [0.2, 0.25) is 5.91 Å². The van der Waals surface area contributed by atoms with Crippen molar-refractivity contribution in [3.63, 3.8) is 0 Å². The van der Waals surface area contributed by atoms with Crippen LogP contribution < -0.4 is 10.6 Å². The third kappa shape index (κ3) is 4.82. The number of thiophene rings is 1. The van der Waals surface area contributed by atoms with Gasteiger partial charge in [0.05, 0.1) is 0 Å². The van der Waals surface area contributed by atoms with Crippen LogP contribution in [0.2, 0.25) is 0 Å². The Bertz CT molecular complexity index is 446. The molecule has 118 valence electrons. The van der Waals surface area contributed by atoms with Gasteiger partial charge in [-0.25, -0.2) is 0 Å². The van der Waals surface area contributed by atoms with Crippen LogP contribution in [0.25, 0.3) is 0 Å². The molecule has 0 bridgehead atoms. The first-order valence-electron chi connectivity index (χ1n) is 8.24. The Kier molecular flexibility index (Phi) is 6.24. The molecule has 1 aromatic rings. The van der Waals surface area contributed by atoms with Gasteiger partial charge in [0.25, 0.3) is 0 Å². The molecule has 0 aliphatic heterocycles. The highest BCUT2D eigenvalue weighted by molar-refractivity contribution is 7.12. The number of carbonyl (C=O) groups excluding carboxylic acids is 1. The second-order valence-corrected chi connectivity index (χ2v) is 7.28. The summed E-state index contributed by atoms with van der Waals surface area (Å²) in [5.41, 5.74) is 1.56. The molecule has 1 aromatic heterocycles. The summed E-state index contributed by atoms with van der Waals surface area (Å²) < 4.78 is 0. The molecule has 3 nitrogen and oxygen atoms in total. The second kappa shape index (κ2) is 7.95. The van der Waals surface area contributed by atoms with Crippen molar-refractivity contribution in [1.82, 2.24) is 10.6 Å². The molecule has 0 saturated heterocycles.